The molecule has 0 amide bonds. The van der Waals surface area contributed by atoms with Crippen LogP contribution >= 0.6 is 0 Å². The normalized spacial score (nSPS) is 9.17. The predicted molar refractivity (Wildman–Crippen MR) is 44.2 cm³/mol. The van der Waals surface area contributed by atoms with Crippen molar-refractivity contribution in [2.24, 2.45) is 7.05 Å². The summed E-state index contributed by atoms with van der Waals surface area (Å²) in [5, 5.41) is 12.3. The maximum atomic E-state index is 8.48. The molecule has 0 aliphatic heterocycles. The standard InChI is InChI=1S/C8H11N3O/c1-11-8(9-7-10-11)5-3-2-4-6-12/h7,12H,2,4,6H2,1H3. The molecule has 12 heavy (non-hydrogen) atoms. The van der Waals surface area contributed by atoms with Crippen molar-refractivity contribution in [2.45, 2.75) is 12.8 Å². The van der Waals surface area contributed by atoms with Crippen LogP contribution in [0, 0.1) is 11.8 Å². The summed E-state index contributed by atoms with van der Waals surface area (Å²) in [5.74, 6) is 6.41. The molecule has 4 nitrogen and oxygen atoms in total. The lowest BCUT2D eigenvalue weighted by atomic mass is 10.3. The van der Waals surface area contributed by atoms with Crippen molar-refractivity contribution in [3.63, 3.8) is 0 Å². The summed E-state index contributed by atoms with van der Waals surface area (Å²) in [5.41, 5.74) is 0. The fraction of sp³-hybridized carbons (Fsp3) is 0.500. The maximum Gasteiger partial charge on any atom is 0.203 e. The number of aromatic nitrogens is 3. The fourth-order valence-corrected chi connectivity index (χ4v) is 0.718. The van der Waals surface area contributed by atoms with Crippen molar-refractivity contribution in [1.82, 2.24) is 14.8 Å². The summed E-state index contributed by atoms with van der Waals surface area (Å²) in [4.78, 5) is 3.93. The minimum absolute atomic E-state index is 0.188. The molecule has 1 heterocycles. The van der Waals surface area contributed by atoms with Gasteiger partial charge in [0.2, 0.25) is 5.82 Å². The second kappa shape index (κ2) is 4.52. The van der Waals surface area contributed by atoms with Crippen molar-refractivity contribution in [2.75, 3.05) is 6.61 Å². The Kier molecular flexibility index (Phi) is 3.30. The highest BCUT2D eigenvalue weighted by Gasteiger charge is 1.91. The molecule has 0 bridgehead atoms. The molecular weight excluding hydrogens is 154 g/mol. The van der Waals surface area contributed by atoms with E-state index in [4.69, 9.17) is 5.11 Å². The average molecular weight is 165 g/mol. The largest absolute Gasteiger partial charge is 0.396 e. The van der Waals surface area contributed by atoms with Crippen LogP contribution in [0.4, 0.5) is 0 Å². The van der Waals surface area contributed by atoms with Gasteiger partial charge in [-0.25, -0.2) is 9.67 Å². The topological polar surface area (TPSA) is 50.9 Å². The van der Waals surface area contributed by atoms with Crippen molar-refractivity contribution in [3.8, 4) is 11.8 Å². The summed E-state index contributed by atoms with van der Waals surface area (Å²) in [6.45, 7) is 0.188. The predicted octanol–water partition coefficient (Wildman–Crippen LogP) is -0.0609. The van der Waals surface area contributed by atoms with Crippen molar-refractivity contribution < 1.29 is 5.11 Å². The van der Waals surface area contributed by atoms with Crippen molar-refractivity contribution in [1.29, 1.82) is 0 Å². The summed E-state index contributed by atoms with van der Waals surface area (Å²) in [7, 11) is 1.79. The van der Waals surface area contributed by atoms with Crippen LogP contribution in [-0.4, -0.2) is 26.5 Å². The summed E-state index contributed by atoms with van der Waals surface area (Å²) in [6, 6.07) is 0. The Morgan fingerprint density at radius 3 is 3.08 bits per heavy atom. The van der Waals surface area contributed by atoms with E-state index in [0.29, 0.717) is 18.7 Å². The third-order valence-corrected chi connectivity index (χ3v) is 1.37. The quantitative estimate of drug-likeness (QED) is 0.493. The van der Waals surface area contributed by atoms with Gasteiger partial charge >= 0.3 is 0 Å². The highest BCUT2D eigenvalue weighted by atomic mass is 16.2. The Morgan fingerprint density at radius 2 is 2.50 bits per heavy atom. The van der Waals surface area contributed by atoms with E-state index >= 15 is 0 Å². The van der Waals surface area contributed by atoms with E-state index in [1.54, 1.807) is 11.7 Å². The molecule has 1 aromatic rings. The minimum Gasteiger partial charge on any atom is -0.396 e. The molecule has 4 heteroatoms. The first-order valence-corrected chi connectivity index (χ1v) is 3.78. The van der Waals surface area contributed by atoms with E-state index in [0.717, 1.165) is 0 Å². The molecule has 1 aromatic heterocycles. The molecule has 0 saturated heterocycles. The number of aliphatic hydroxyl groups excluding tert-OH is 1. The van der Waals surface area contributed by atoms with Crippen LogP contribution in [-0.2, 0) is 7.05 Å². The van der Waals surface area contributed by atoms with E-state index in [2.05, 4.69) is 21.9 Å². The molecule has 0 saturated carbocycles. The first-order chi connectivity index (χ1) is 5.84. The Hall–Kier alpha value is -1.34. The number of unbranched alkanes of at least 4 members (excludes halogenated alkanes) is 1. The van der Waals surface area contributed by atoms with Gasteiger partial charge in [0.1, 0.15) is 6.33 Å². The number of hydrogen-bond acceptors (Lipinski definition) is 3. The molecule has 0 atom stereocenters. The fourth-order valence-electron chi connectivity index (χ4n) is 0.718. The van der Waals surface area contributed by atoms with Gasteiger partial charge in [0.05, 0.1) is 0 Å². The highest BCUT2D eigenvalue weighted by molar-refractivity contribution is 5.19. The summed E-state index contributed by atoms with van der Waals surface area (Å²) < 4.78 is 1.62. The van der Waals surface area contributed by atoms with Crippen LogP contribution in [0.5, 0.6) is 0 Å². The van der Waals surface area contributed by atoms with E-state index in [-0.39, 0.29) is 6.61 Å². The zero-order chi connectivity index (χ0) is 8.81. The first kappa shape index (κ1) is 8.75. The van der Waals surface area contributed by atoms with Gasteiger partial charge in [-0.05, 0) is 12.3 Å². The Bertz CT molecular complexity index is 295. The van der Waals surface area contributed by atoms with Gasteiger partial charge < -0.3 is 5.11 Å². The summed E-state index contributed by atoms with van der Waals surface area (Å²) in [6.07, 6.45) is 2.88. The van der Waals surface area contributed by atoms with Gasteiger partial charge in [0.15, 0.2) is 0 Å². The van der Waals surface area contributed by atoms with Crippen LogP contribution in [0.2, 0.25) is 0 Å². The lowest BCUT2D eigenvalue weighted by Gasteiger charge is -1.87. The van der Waals surface area contributed by atoms with Gasteiger partial charge in [-0.2, -0.15) is 5.10 Å². The molecule has 1 N–H and O–H groups in total. The van der Waals surface area contributed by atoms with Gasteiger partial charge in [-0.3, -0.25) is 0 Å². The molecule has 1 rings (SSSR count). The van der Waals surface area contributed by atoms with E-state index in [9.17, 15) is 0 Å². The first-order valence-electron chi connectivity index (χ1n) is 3.78. The van der Waals surface area contributed by atoms with E-state index in [1.165, 1.54) is 6.33 Å². The second-order valence-electron chi connectivity index (χ2n) is 2.34. The van der Waals surface area contributed by atoms with Gasteiger partial charge in [0.25, 0.3) is 0 Å². The molecular formula is C8H11N3O. The molecule has 0 unspecified atom stereocenters. The number of nitrogens with zero attached hydrogens (tertiary/aromatic N) is 3. The number of aryl methyl sites for hydroxylation is 1. The zero-order valence-electron chi connectivity index (χ0n) is 6.99. The highest BCUT2D eigenvalue weighted by Crippen LogP contribution is 1.88. The molecule has 0 spiro atoms. The Labute approximate surface area is 71.2 Å². The number of rotatable bonds is 2. The average Bonchev–Trinajstić information content (AvgIpc) is 2.46. The smallest absolute Gasteiger partial charge is 0.203 e. The third kappa shape index (κ3) is 2.36. The van der Waals surface area contributed by atoms with E-state index < -0.39 is 0 Å². The number of aliphatic hydroxyl groups is 1. The Balaban J connectivity index is 2.49. The zero-order valence-corrected chi connectivity index (χ0v) is 6.99. The summed E-state index contributed by atoms with van der Waals surface area (Å²) >= 11 is 0. The molecule has 0 radical (unpaired) electrons. The lowest BCUT2D eigenvalue weighted by Crippen LogP contribution is -1.94. The number of hydrogen-bond donors (Lipinski definition) is 1. The molecule has 64 valence electrons. The third-order valence-electron chi connectivity index (χ3n) is 1.37. The molecule has 0 fully saturated rings. The van der Waals surface area contributed by atoms with Crippen LogP contribution in [0.15, 0.2) is 6.33 Å². The van der Waals surface area contributed by atoms with Gasteiger partial charge in [0, 0.05) is 20.1 Å². The second-order valence-corrected chi connectivity index (χ2v) is 2.34. The van der Waals surface area contributed by atoms with Crippen LogP contribution < -0.4 is 0 Å². The van der Waals surface area contributed by atoms with Crippen molar-refractivity contribution >= 4 is 0 Å². The Morgan fingerprint density at radius 1 is 1.67 bits per heavy atom. The SMILES string of the molecule is Cn1ncnc1C#CCCCO. The lowest BCUT2D eigenvalue weighted by molar-refractivity contribution is 0.290. The molecule has 0 aromatic carbocycles. The van der Waals surface area contributed by atoms with Crippen LogP contribution in [0.25, 0.3) is 0 Å². The minimum atomic E-state index is 0.188. The van der Waals surface area contributed by atoms with Gasteiger partial charge in [-0.1, -0.05) is 5.92 Å². The molecule has 0 aliphatic carbocycles. The monoisotopic (exact) mass is 165 g/mol. The van der Waals surface area contributed by atoms with Crippen LogP contribution in [0.3, 0.4) is 0 Å². The van der Waals surface area contributed by atoms with Crippen LogP contribution in [0.1, 0.15) is 18.7 Å². The molecule has 0 aliphatic rings. The maximum absolute atomic E-state index is 8.48. The van der Waals surface area contributed by atoms with E-state index in [1.807, 2.05) is 0 Å². The van der Waals surface area contributed by atoms with Gasteiger partial charge in [-0.15, -0.1) is 0 Å². The van der Waals surface area contributed by atoms with Crippen molar-refractivity contribution in [3.05, 3.63) is 12.2 Å².